The molecule has 2 heterocycles. The van der Waals surface area contributed by atoms with Gasteiger partial charge < -0.3 is 4.74 Å². The molecule has 68 valence electrons. The van der Waals surface area contributed by atoms with Crippen molar-refractivity contribution in [2.24, 2.45) is 9.98 Å². The number of hydrogen-bond acceptors (Lipinski definition) is 2. The minimum Gasteiger partial charge on any atom is -0.442 e. The van der Waals surface area contributed by atoms with Crippen LogP contribution >= 0.6 is 12.2 Å². The monoisotopic (exact) mass is 202 g/mol. The molecule has 0 unspecified atom stereocenters. The summed E-state index contributed by atoms with van der Waals surface area (Å²) >= 11 is 4.93. The van der Waals surface area contributed by atoms with E-state index < -0.39 is 0 Å². The van der Waals surface area contributed by atoms with Gasteiger partial charge in [-0.05, 0) is 24.4 Å². The molecule has 2 aliphatic heterocycles. The van der Waals surface area contributed by atoms with Crippen molar-refractivity contribution in [1.82, 2.24) is 0 Å². The van der Waals surface area contributed by atoms with Gasteiger partial charge in [-0.25, -0.2) is 4.99 Å². The molecule has 2 aliphatic rings. The predicted molar refractivity (Wildman–Crippen MR) is 58.3 cm³/mol. The molecule has 0 N–H and O–H groups in total. The van der Waals surface area contributed by atoms with Gasteiger partial charge >= 0.3 is 0 Å². The molecule has 0 aromatic heterocycles. The summed E-state index contributed by atoms with van der Waals surface area (Å²) in [6, 6.07) is 7.79. The molecule has 0 spiro atoms. The Bertz CT molecular complexity index is 491. The smallest absolute Gasteiger partial charge is 0.222 e. The molecule has 0 fully saturated rings. The first-order chi connectivity index (χ1) is 6.83. The lowest BCUT2D eigenvalue weighted by molar-refractivity contribution is 0.533. The zero-order valence-corrected chi connectivity index (χ0v) is 8.04. The fraction of sp³-hybridized carbons (Fsp3) is 0.100. The van der Waals surface area contributed by atoms with Crippen LogP contribution in [0.25, 0.3) is 0 Å². The largest absolute Gasteiger partial charge is 0.442 e. The summed E-state index contributed by atoms with van der Waals surface area (Å²) < 4.78 is 5.55. The van der Waals surface area contributed by atoms with Gasteiger partial charge in [0.2, 0.25) is 11.0 Å². The Morgan fingerprint density at radius 2 is 2.07 bits per heavy atom. The number of hydrogen-bond donors (Lipinski definition) is 0. The van der Waals surface area contributed by atoms with E-state index in [2.05, 4.69) is 9.98 Å². The highest BCUT2D eigenvalue weighted by Crippen LogP contribution is 2.27. The second-order valence-corrected chi connectivity index (χ2v) is 3.49. The van der Waals surface area contributed by atoms with Crippen molar-refractivity contribution < 1.29 is 4.74 Å². The van der Waals surface area contributed by atoms with Gasteiger partial charge in [0.1, 0.15) is 5.75 Å². The van der Waals surface area contributed by atoms with Crippen molar-refractivity contribution in [3.05, 3.63) is 29.8 Å². The molecular formula is C10H6N2OS. The highest BCUT2D eigenvalue weighted by atomic mass is 32.1. The van der Waals surface area contributed by atoms with Gasteiger partial charge in [-0.3, -0.25) is 0 Å². The van der Waals surface area contributed by atoms with Gasteiger partial charge in [0.15, 0.2) is 0 Å². The van der Waals surface area contributed by atoms with E-state index in [0.29, 0.717) is 17.4 Å². The van der Waals surface area contributed by atoms with Crippen LogP contribution in [-0.2, 0) is 0 Å². The first-order valence-corrected chi connectivity index (χ1v) is 4.70. The molecule has 1 aromatic carbocycles. The molecule has 4 heteroatoms. The maximum absolute atomic E-state index is 5.55. The van der Waals surface area contributed by atoms with E-state index in [1.165, 1.54) is 0 Å². The number of thiocarbonyl (C=S) groups is 1. The topological polar surface area (TPSA) is 34.0 Å². The molecule has 1 aromatic rings. The molecule has 2 bridgehead atoms. The third-order valence-electron chi connectivity index (χ3n) is 2.20. The number of fused-ring (bicyclic) bond motifs is 4. The van der Waals surface area contributed by atoms with Crippen molar-refractivity contribution in [1.29, 1.82) is 0 Å². The van der Waals surface area contributed by atoms with Crippen LogP contribution < -0.4 is 4.74 Å². The zero-order chi connectivity index (χ0) is 9.54. The summed E-state index contributed by atoms with van der Waals surface area (Å²) in [5, 5.41) is 0.357. The van der Waals surface area contributed by atoms with Crippen molar-refractivity contribution in [3.8, 4) is 5.75 Å². The van der Waals surface area contributed by atoms with Gasteiger partial charge in [0.05, 0.1) is 12.1 Å². The number of rotatable bonds is 0. The van der Waals surface area contributed by atoms with Crippen molar-refractivity contribution in [2.75, 3.05) is 0 Å². The Hall–Kier alpha value is -1.55. The van der Waals surface area contributed by atoms with Crippen LogP contribution in [0.5, 0.6) is 5.75 Å². The maximum Gasteiger partial charge on any atom is 0.222 e. The third kappa shape index (κ3) is 1.08. The van der Waals surface area contributed by atoms with Crippen LogP contribution in [0.1, 0.15) is 12.0 Å². The van der Waals surface area contributed by atoms with Gasteiger partial charge in [-0.2, -0.15) is 4.99 Å². The van der Waals surface area contributed by atoms with E-state index in [0.717, 1.165) is 17.0 Å². The van der Waals surface area contributed by atoms with Crippen LogP contribution in [0.2, 0.25) is 0 Å². The fourth-order valence-electron chi connectivity index (χ4n) is 1.60. The van der Waals surface area contributed by atoms with Crippen LogP contribution in [0, 0.1) is 0 Å². The first kappa shape index (κ1) is 7.82. The quantitative estimate of drug-likeness (QED) is 0.602. The Morgan fingerprint density at radius 3 is 3.00 bits per heavy atom. The summed E-state index contributed by atoms with van der Waals surface area (Å²) in [5.74, 6) is 1.47. The summed E-state index contributed by atoms with van der Waals surface area (Å²) in [7, 11) is 0. The first-order valence-electron chi connectivity index (χ1n) is 4.29. The Morgan fingerprint density at radius 1 is 1.21 bits per heavy atom. The summed E-state index contributed by atoms with van der Waals surface area (Å²) in [6.07, 6.45) is 0.650. The molecule has 0 saturated heterocycles. The van der Waals surface area contributed by atoms with E-state index in [9.17, 15) is 0 Å². The number of ether oxygens (including phenoxy) is 1. The fourth-order valence-corrected chi connectivity index (χ4v) is 1.82. The Balaban J connectivity index is 2.24. The zero-order valence-electron chi connectivity index (χ0n) is 7.23. The third-order valence-corrected chi connectivity index (χ3v) is 2.38. The minimum atomic E-state index is 0.357. The molecular weight excluding hydrogens is 196 g/mol. The van der Waals surface area contributed by atoms with E-state index >= 15 is 0 Å². The predicted octanol–water partition coefficient (Wildman–Crippen LogP) is 1.96. The highest BCUT2D eigenvalue weighted by molar-refractivity contribution is 7.80. The van der Waals surface area contributed by atoms with Gasteiger partial charge in [-0.1, -0.05) is 12.1 Å². The van der Waals surface area contributed by atoms with Gasteiger partial charge in [0, 0.05) is 5.56 Å². The van der Waals surface area contributed by atoms with Crippen molar-refractivity contribution in [2.45, 2.75) is 6.42 Å². The number of benzene rings is 1. The highest BCUT2D eigenvalue weighted by Gasteiger charge is 2.24. The van der Waals surface area contributed by atoms with E-state index in [1.807, 2.05) is 24.3 Å². The summed E-state index contributed by atoms with van der Waals surface area (Å²) in [4.78, 5) is 8.26. The lowest BCUT2D eigenvalue weighted by atomic mass is 10.0. The lowest BCUT2D eigenvalue weighted by Crippen LogP contribution is -2.26. The molecule has 0 radical (unpaired) electrons. The van der Waals surface area contributed by atoms with Crippen molar-refractivity contribution in [3.63, 3.8) is 0 Å². The van der Waals surface area contributed by atoms with Crippen LogP contribution in [0.15, 0.2) is 34.3 Å². The summed E-state index contributed by atoms with van der Waals surface area (Å²) in [6.45, 7) is 0. The second-order valence-electron chi connectivity index (χ2n) is 3.12. The molecule has 0 atom stereocenters. The molecule has 3 rings (SSSR count). The Labute approximate surface area is 86.1 Å². The molecule has 0 saturated carbocycles. The van der Waals surface area contributed by atoms with Crippen LogP contribution in [-0.4, -0.2) is 16.7 Å². The molecule has 3 nitrogen and oxygen atoms in total. The van der Waals surface area contributed by atoms with E-state index in [1.54, 1.807) is 0 Å². The van der Waals surface area contributed by atoms with Crippen molar-refractivity contribution >= 4 is 28.9 Å². The second kappa shape index (κ2) is 2.72. The van der Waals surface area contributed by atoms with Gasteiger partial charge in [-0.15, -0.1) is 0 Å². The number of aliphatic imine (C=N–C) groups is 2. The van der Waals surface area contributed by atoms with Crippen LogP contribution in [0.4, 0.5) is 0 Å². The number of para-hydroxylation sites is 1. The average Bonchev–Trinajstić information content (AvgIpc) is 2.17. The molecule has 14 heavy (non-hydrogen) atoms. The minimum absolute atomic E-state index is 0.357. The standard InChI is InChI=1S/C10H6N2OS/c14-10-11-7-5-9(12-10)13-8-4-2-1-3-6(7)8/h1-4H,5H2. The number of nitrogens with zero attached hydrogens (tertiary/aromatic N) is 2. The molecule has 0 amide bonds. The molecule has 0 aliphatic carbocycles. The van der Waals surface area contributed by atoms with E-state index in [-0.39, 0.29) is 0 Å². The van der Waals surface area contributed by atoms with Gasteiger partial charge in [0.25, 0.3) is 0 Å². The SMILES string of the molecule is S=C1N=C2CC(=N1)c1ccccc1O2. The van der Waals surface area contributed by atoms with E-state index in [4.69, 9.17) is 17.0 Å². The summed E-state index contributed by atoms with van der Waals surface area (Å²) in [5.41, 5.74) is 1.98. The average molecular weight is 202 g/mol. The van der Waals surface area contributed by atoms with Crippen LogP contribution in [0.3, 0.4) is 0 Å². The normalized spacial score (nSPS) is 17.9. The Kier molecular flexibility index (Phi) is 1.52. The maximum atomic E-state index is 5.55. The lowest BCUT2D eigenvalue weighted by Gasteiger charge is -2.22.